The highest BCUT2D eigenvalue weighted by molar-refractivity contribution is 5.94. The van der Waals surface area contributed by atoms with E-state index in [0.717, 1.165) is 17.7 Å². The minimum Gasteiger partial charge on any atom is -0.497 e. The Bertz CT molecular complexity index is 697. The van der Waals surface area contributed by atoms with Crippen LogP contribution in [0.2, 0.25) is 0 Å². The van der Waals surface area contributed by atoms with Gasteiger partial charge in [0, 0.05) is 11.1 Å². The molecular formula is C20H25NO4. The van der Waals surface area contributed by atoms with E-state index in [9.17, 15) is 4.79 Å². The molecule has 2 rings (SSSR count). The summed E-state index contributed by atoms with van der Waals surface area (Å²) in [5.41, 5.74) is 1.44. The Labute approximate surface area is 148 Å². The molecule has 134 valence electrons. The van der Waals surface area contributed by atoms with E-state index >= 15 is 0 Å². The topological polar surface area (TPSA) is 56.8 Å². The number of carbonyl (C=O) groups excluding carboxylic acids is 1. The highest BCUT2D eigenvalue weighted by Crippen LogP contribution is 2.29. The molecule has 0 saturated heterocycles. The third-order valence-corrected chi connectivity index (χ3v) is 3.84. The molecule has 0 aliphatic carbocycles. The van der Waals surface area contributed by atoms with Crippen LogP contribution in [0.5, 0.6) is 17.2 Å². The highest BCUT2D eigenvalue weighted by atomic mass is 16.5. The van der Waals surface area contributed by atoms with E-state index < -0.39 is 0 Å². The standard InChI is InChI=1S/C20H25NO4/c1-5-12-25-16-8-6-15(7-9-16)20(22)21-14(2)18-13-17(23-3)10-11-19(18)24-4/h6-11,13-14H,5,12H2,1-4H3,(H,21,22). The summed E-state index contributed by atoms with van der Waals surface area (Å²) in [5, 5.41) is 2.99. The number of nitrogens with one attached hydrogen (secondary N) is 1. The third kappa shape index (κ3) is 4.89. The Morgan fingerprint density at radius 2 is 1.72 bits per heavy atom. The molecule has 1 atom stereocenters. The van der Waals surface area contributed by atoms with Crippen LogP contribution < -0.4 is 19.5 Å². The van der Waals surface area contributed by atoms with E-state index in [-0.39, 0.29) is 11.9 Å². The molecule has 2 aromatic rings. The zero-order valence-corrected chi connectivity index (χ0v) is 15.2. The van der Waals surface area contributed by atoms with Crippen molar-refractivity contribution in [3.8, 4) is 17.2 Å². The minimum absolute atomic E-state index is 0.153. The van der Waals surface area contributed by atoms with Crippen LogP contribution in [0.15, 0.2) is 42.5 Å². The molecule has 2 aromatic carbocycles. The molecule has 0 spiro atoms. The predicted octanol–water partition coefficient (Wildman–Crippen LogP) is 3.98. The van der Waals surface area contributed by atoms with Gasteiger partial charge in [-0.1, -0.05) is 6.92 Å². The smallest absolute Gasteiger partial charge is 0.251 e. The zero-order valence-electron chi connectivity index (χ0n) is 15.2. The summed E-state index contributed by atoms with van der Waals surface area (Å²) in [6.45, 7) is 4.63. The molecule has 1 amide bonds. The van der Waals surface area contributed by atoms with E-state index in [2.05, 4.69) is 12.2 Å². The number of methoxy groups -OCH3 is 2. The Balaban J connectivity index is 2.09. The molecule has 0 aliphatic heterocycles. The van der Waals surface area contributed by atoms with Crippen LogP contribution in [-0.2, 0) is 0 Å². The van der Waals surface area contributed by atoms with Crippen LogP contribution in [0, 0.1) is 0 Å². The summed E-state index contributed by atoms with van der Waals surface area (Å²) >= 11 is 0. The number of benzene rings is 2. The maximum absolute atomic E-state index is 12.5. The number of hydrogen-bond donors (Lipinski definition) is 1. The van der Waals surface area contributed by atoms with Crippen LogP contribution in [0.3, 0.4) is 0 Å². The largest absolute Gasteiger partial charge is 0.497 e. The molecule has 0 fully saturated rings. The second-order valence-electron chi connectivity index (χ2n) is 5.68. The van der Waals surface area contributed by atoms with Gasteiger partial charge in [-0.25, -0.2) is 0 Å². The van der Waals surface area contributed by atoms with Gasteiger partial charge in [-0.05, 0) is 55.8 Å². The monoisotopic (exact) mass is 343 g/mol. The van der Waals surface area contributed by atoms with Gasteiger partial charge in [-0.3, -0.25) is 4.79 Å². The molecule has 5 nitrogen and oxygen atoms in total. The van der Waals surface area contributed by atoms with Crippen molar-refractivity contribution in [1.29, 1.82) is 0 Å². The molecule has 0 bridgehead atoms. The van der Waals surface area contributed by atoms with Crippen molar-refractivity contribution < 1.29 is 19.0 Å². The SMILES string of the molecule is CCCOc1ccc(C(=O)NC(C)c2cc(OC)ccc2OC)cc1. The molecular weight excluding hydrogens is 318 g/mol. The van der Waals surface area contributed by atoms with Gasteiger partial charge in [-0.2, -0.15) is 0 Å². The average molecular weight is 343 g/mol. The molecule has 0 radical (unpaired) electrons. The van der Waals surface area contributed by atoms with Crippen LogP contribution in [0.4, 0.5) is 0 Å². The highest BCUT2D eigenvalue weighted by Gasteiger charge is 2.16. The van der Waals surface area contributed by atoms with Gasteiger partial charge >= 0.3 is 0 Å². The normalized spacial score (nSPS) is 11.5. The second-order valence-corrected chi connectivity index (χ2v) is 5.68. The van der Waals surface area contributed by atoms with E-state index in [4.69, 9.17) is 14.2 Å². The van der Waals surface area contributed by atoms with Crippen molar-refractivity contribution in [3.05, 3.63) is 53.6 Å². The number of amides is 1. The van der Waals surface area contributed by atoms with Gasteiger partial charge < -0.3 is 19.5 Å². The first-order valence-electron chi connectivity index (χ1n) is 8.34. The van der Waals surface area contributed by atoms with Crippen molar-refractivity contribution in [2.75, 3.05) is 20.8 Å². The lowest BCUT2D eigenvalue weighted by molar-refractivity contribution is 0.0939. The molecule has 0 heterocycles. The summed E-state index contributed by atoms with van der Waals surface area (Å²) in [5.74, 6) is 2.03. The van der Waals surface area contributed by atoms with Gasteiger partial charge in [0.25, 0.3) is 5.91 Å². The van der Waals surface area contributed by atoms with Crippen molar-refractivity contribution in [2.45, 2.75) is 26.3 Å². The van der Waals surface area contributed by atoms with Crippen LogP contribution >= 0.6 is 0 Å². The number of hydrogen-bond acceptors (Lipinski definition) is 4. The van der Waals surface area contributed by atoms with Gasteiger partial charge in [0.05, 0.1) is 26.9 Å². The van der Waals surface area contributed by atoms with E-state index in [0.29, 0.717) is 23.7 Å². The summed E-state index contributed by atoms with van der Waals surface area (Å²) < 4.78 is 16.2. The van der Waals surface area contributed by atoms with E-state index in [1.54, 1.807) is 38.5 Å². The lowest BCUT2D eigenvalue weighted by atomic mass is 10.1. The van der Waals surface area contributed by atoms with Gasteiger partial charge in [0.2, 0.25) is 0 Å². The van der Waals surface area contributed by atoms with Crippen molar-refractivity contribution >= 4 is 5.91 Å². The van der Waals surface area contributed by atoms with Gasteiger partial charge in [-0.15, -0.1) is 0 Å². The molecule has 25 heavy (non-hydrogen) atoms. The Morgan fingerprint density at radius 1 is 1.04 bits per heavy atom. The fourth-order valence-electron chi connectivity index (χ4n) is 2.46. The average Bonchev–Trinajstić information content (AvgIpc) is 2.66. The Hall–Kier alpha value is -2.69. The number of ether oxygens (including phenoxy) is 3. The number of carbonyl (C=O) groups is 1. The molecule has 5 heteroatoms. The van der Waals surface area contributed by atoms with Crippen molar-refractivity contribution in [1.82, 2.24) is 5.32 Å². The van der Waals surface area contributed by atoms with Crippen LogP contribution in [0.25, 0.3) is 0 Å². The number of rotatable bonds is 8. The fraction of sp³-hybridized carbons (Fsp3) is 0.350. The van der Waals surface area contributed by atoms with E-state index in [1.165, 1.54) is 0 Å². The first-order valence-corrected chi connectivity index (χ1v) is 8.34. The van der Waals surface area contributed by atoms with Gasteiger partial charge in [0.15, 0.2) is 0 Å². The lowest BCUT2D eigenvalue weighted by Gasteiger charge is -2.18. The second kappa shape index (κ2) is 8.97. The predicted molar refractivity (Wildman–Crippen MR) is 97.7 cm³/mol. The van der Waals surface area contributed by atoms with Gasteiger partial charge in [0.1, 0.15) is 17.2 Å². The van der Waals surface area contributed by atoms with Crippen molar-refractivity contribution in [2.24, 2.45) is 0 Å². The molecule has 1 unspecified atom stereocenters. The molecule has 0 saturated carbocycles. The Kier molecular flexibility index (Phi) is 6.69. The first-order chi connectivity index (χ1) is 12.1. The zero-order chi connectivity index (χ0) is 18.2. The summed E-state index contributed by atoms with van der Waals surface area (Å²) in [6.07, 6.45) is 0.947. The molecule has 0 aliphatic rings. The summed E-state index contributed by atoms with van der Waals surface area (Å²) in [4.78, 5) is 12.5. The third-order valence-electron chi connectivity index (χ3n) is 3.84. The summed E-state index contributed by atoms with van der Waals surface area (Å²) in [7, 11) is 3.21. The quantitative estimate of drug-likeness (QED) is 0.787. The minimum atomic E-state index is -0.228. The fourth-order valence-corrected chi connectivity index (χ4v) is 2.46. The van der Waals surface area contributed by atoms with Crippen LogP contribution in [-0.4, -0.2) is 26.7 Å². The Morgan fingerprint density at radius 3 is 2.32 bits per heavy atom. The lowest BCUT2D eigenvalue weighted by Crippen LogP contribution is -2.26. The van der Waals surface area contributed by atoms with Crippen molar-refractivity contribution in [3.63, 3.8) is 0 Å². The van der Waals surface area contributed by atoms with E-state index in [1.807, 2.05) is 25.1 Å². The summed E-state index contributed by atoms with van der Waals surface area (Å²) in [6, 6.07) is 12.4. The first kappa shape index (κ1) is 18.6. The van der Waals surface area contributed by atoms with Crippen LogP contribution in [0.1, 0.15) is 42.2 Å². The maximum atomic E-state index is 12.5. The molecule has 0 aromatic heterocycles. The molecule has 1 N–H and O–H groups in total. The maximum Gasteiger partial charge on any atom is 0.251 e.